The van der Waals surface area contributed by atoms with Gasteiger partial charge in [-0.05, 0) is 68.9 Å². The van der Waals surface area contributed by atoms with Crippen molar-refractivity contribution in [1.29, 1.82) is 0 Å². The van der Waals surface area contributed by atoms with E-state index >= 15 is 0 Å². The van der Waals surface area contributed by atoms with Crippen molar-refractivity contribution in [3.05, 3.63) is 61.1 Å². The molecule has 2 rings (SSSR count). The standard InChI is InChI=1S/C13H8BrClINO/c14-12-10(15)5-2-6-11(12)17-13(18)8-3-1-4-9(16)7-8/h1-7H,(H,17,18). The van der Waals surface area contributed by atoms with Crippen molar-refractivity contribution in [1.82, 2.24) is 0 Å². The molecule has 0 saturated heterocycles. The Balaban J connectivity index is 2.24. The first kappa shape index (κ1) is 13.8. The first-order valence-corrected chi connectivity index (χ1v) is 7.34. The van der Waals surface area contributed by atoms with E-state index in [1.807, 2.05) is 18.2 Å². The van der Waals surface area contributed by atoms with Gasteiger partial charge in [-0.3, -0.25) is 4.79 Å². The molecule has 92 valence electrons. The number of nitrogens with one attached hydrogen (secondary N) is 1. The highest BCUT2D eigenvalue weighted by molar-refractivity contribution is 14.1. The van der Waals surface area contributed by atoms with Gasteiger partial charge in [-0.25, -0.2) is 0 Å². The van der Waals surface area contributed by atoms with E-state index in [0.29, 0.717) is 20.7 Å². The molecule has 0 atom stereocenters. The average Bonchev–Trinajstić information content (AvgIpc) is 2.35. The van der Waals surface area contributed by atoms with E-state index in [1.54, 1.807) is 24.3 Å². The Labute approximate surface area is 132 Å². The Bertz CT molecular complexity index is 603. The van der Waals surface area contributed by atoms with Gasteiger partial charge in [0.15, 0.2) is 0 Å². The van der Waals surface area contributed by atoms with Crippen LogP contribution >= 0.6 is 50.1 Å². The Morgan fingerprint density at radius 3 is 2.67 bits per heavy atom. The third kappa shape index (κ3) is 3.24. The zero-order valence-corrected chi connectivity index (χ0v) is 13.6. The first-order valence-electron chi connectivity index (χ1n) is 5.09. The van der Waals surface area contributed by atoms with Crippen molar-refractivity contribution in [3.63, 3.8) is 0 Å². The summed E-state index contributed by atoms with van der Waals surface area (Å²) >= 11 is 11.5. The number of rotatable bonds is 2. The van der Waals surface area contributed by atoms with Gasteiger partial charge >= 0.3 is 0 Å². The van der Waals surface area contributed by atoms with E-state index in [4.69, 9.17) is 11.6 Å². The van der Waals surface area contributed by atoms with Crippen molar-refractivity contribution in [2.75, 3.05) is 5.32 Å². The van der Waals surface area contributed by atoms with Gasteiger partial charge < -0.3 is 5.32 Å². The summed E-state index contributed by atoms with van der Waals surface area (Å²) in [5, 5.41) is 3.39. The Hall–Kier alpha value is -0.590. The quantitative estimate of drug-likeness (QED) is 0.663. The van der Waals surface area contributed by atoms with E-state index in [0.717, 1.165) is 3.57 Å². The molecule has 0 saturated carbocycles. The van der Waals surface area contributed by atoms with Crippen molar-refractivity contribution < 1.29 is 4.79 Å². The van der Waals surface area contributed by atoms with E-state index in [-0.39, 0.29) is 5.91 Å². The minimum absolute atomic E-state index is 0.156. The lowest BCUT2D eigenvalue weighted by atomic mass is 10.2. The third-order valence-electron chi connectivity index (χ3n) is 2.29. The molecule has 0 fully saturated rings. The number of carbonyl (C=O) groups excluding carboxylic acids is 1. The van der Waals surface area contributed by atoms with Crippen LogP contribution in [0.3, 0.4) is 0 Å². The molecule has 1 N–H and O–H groups in total. The molecule has 18 heavy (non-hydrogen) atoms. The van der Waals surface area contributed by atoms with Gasteiger partial charge in [-0.2, -0.15) is 0 Å². The molecule has 0 aliphatic heterocycles. The van der Waals surface area contributed by atoms with Crippen molar-refractivity contribution >= 4 is 61.7 Å². The predicted octanol–water partition coefficient (Wildman–Crippen LogP) is 4.96. The smallest absolute Gasteiger partial charge is 0.255 e. The number of hydrogen-bond acceptors (Lipinski definition) is 1. The SMILES string of the molecule is O=C(Nc1cccc(Cl)c1Br)c1cccc(I)c1. The van der Waals surface area contributed by atoms with Gasteiger partial charge in [0.05, 0.1) is 15.2 Å². The van der Waals surface area contributed by atoms with Crippen LogP contribution < -0.4 is 5.32 Å². The molecule has 0 aliphatic carbocycles. The summed E-state index contributed by atoms with van der Waals surface area (Å²) < 4.78 is 1.70. The van der Waals surface area contributed by atoms with Crippen LogP contribution in [0.25, 0.3) is 0 Å². The van der Waals surface area contributed by atoms with E-state index in [2.05, 4.69) is 43.8 Å². The molecule has 0 heterocycles. The lowest BCUT2D eigenvalue weighted by Gasteiger charge is -2.08. The van der Waals surface area contributed by atoms with Crippen LogP contribution in [-0.2, 0) is 0 Å². The van der Waals surface area contributed by atoms with Crippen LogP contribution in [0.5, 0.6) is 0 Å². The number of amides is 1. The fourth-order valence-electron chi connectivity index (χ4n) is 1.42. The third-order valence-corrected chi connectivity index (χ3v) is 4.36. The molecule has 2 aromatic rings. The maximum Gasteiger partial charge on any atom is 0.255 e. The molecule has 0 aromatic heterocycles. The molecule has 0 bridgehead atoms. The second-order valence-electron chi connectivity index (χ2n) is 3.57. The molecule has 0 radical (unpaired) electrons. The maximum absolute atomic E-state index is 12.1. The lowest BCUT2D eigenvalue weighted by molar-refractivity contribution is 0.102. The van der Waals surface area contributed by atoms with Gasteiger partial charge in [0.2, 0.25) is 0 Å². The van der Waals surface area contributed by atoms with E-state index in [9.17, 15) is 4.79 Å². The summed E-state index contributed by atoms with van der Waals surface area (Å²) in [5.41, 5.74) is 1.28. The van der Waals surface area contributed by atoms with Crippen molar-refractivity contribution in [3.8, 4) is 0 Å². The summed E-state index contributed by atoms with van der Waals surface area (Å²) in [5.74, 6) is -0.156. The number of halogens is 3. The summed E-state index contributed by atoms with van der Waals surface area (Å²) in [4.78, 5) is 12.1. The number of benzene rings is 2. The second-order valence-corrected chi connectivity index (χ2v) is 6.01. The number of carbonyl (C=O) groups is 1. The van der Waals surface area contributed by atoms with Crippen LogP contribution in [0, 0.1) is 3.57 Å². The summed E-state index contributed by atoms with van der Waals surface area (Å²) in [6.45, 7) is 0. The van der Waals surface area contributed by atoms with Crippen LogP contribution in [-0.4, -0.2) is 5.91 Å². The van der Waals surface area contributed by atoms with Crippen molar-refractivity contribution in [2.24, 2.45) is 0 Å². The van der Waals surface area contributed by atoms with Crippen molar-refractivity contribution in [2.45, 2.75) is 0 Å². The summed E-state index contributed by atoms with van der Waals surface area (Å²) in [6.07, 6.45) is 0. The Kier molecular flexibility index (Phi) is 4.64. The average molecular weight is 436 g/mol. The second kappa shape index (κ2) is 6.04. The monoisotopic (exact) mass is 435 g/mol. The molecule has 0 aliphatic rings. The molecule has 0 spiro atoms. The maximum atomic E-state index is 12.1. The van der Waals surface area contributed by atoms with E-state index < -0.39 is 0 Å². The Morgan fingerprint density at radius 1 is 1.22 bits per heavy atom. The van der Waals surface area contributed by atoms with Gasteiger partial charge in [-0.1, -0.05) is 23.7 Å². The highest BCUT2D eigenvalue weighted by atomic mass is 127. The van der Waals surface area contributed by atoms with Gasteiger partial charge in [0, 0.05) is 9.13 Å². The lowest BCUT2D eigenvalue weighted by Crippen LogP contribution is -2.12. The number of anilines is 1. The highest BCUT2D eigenvalue weighted by Crippen LogP contribution is 2.30. The van der Waals surface area contributed by atoms with E-state index in [1.165, 1.54) is 0 Å². The molecule has 2 aromatic carbocycles. The fourth-order valence-corrected chi connectivity index (χ4v) is 2.51. The summed E-state index contributed by atoms with van der Waals surface area (Å²) in [7, 11) is 0. The van der Waals surface area contributed by atoms with Crippen LogP contribution in [0.1, 0.15) is 10.4 Å². The Morgan fingerprint density at radius 2 is 1.94 bits per heavy atom. The summed E-state index contributed by atoms with van der Waals surface area (Å²) in [6, 6.07) is 12.7. The number of hydrogen-bond donors (Lipinski definition) is 1. The zero-order valence-electron chi connectivity index (χ0n) is 9.08. The van der Waals surface area contributed by atoms with Crippen LogP contribution in [0.15, 0.2) is 46.9 Å². The zero-order chi connectivity index (χ0) is 13.1. The normalized spacial score (nSPS) is 10.2. The predicted molar refractivity (Wildman–Crippen MR) is 86.3 cm³/mol. The van der Waals surface area contributed by atoms with Gasteiger partial charge in [-0.15, -0.1) is 0 Å². The minimum atomic E-state index is -0.156. The topological polar surface area (TPSA) is 29.1 Å². The fraction of sp³-hybridized carbons (Fsp3) is 0. The molecule has 1 amide bonds. The van der Waals surface area contributed by atoms with Gasteiger partial charge in [0.25, 0.3) is 5.91 Å². The highest BCUT2D eigenvalue weighted by Gasteiger charge is 2.09. The largest absolute Gasteiger partial charge is 0.321 e. The molecular weight excluding hydrogens is 428 g/mol. The molecule has 5 heteroatoms. The first-order chi connectivity index (χ1) is 8.58. The molecule has 2 nitrogen and oxygen atoms in total. The van der Waals surface area contributed by atoms with Crippen LogP contribution in [0.4, 0.5) is 5.69 Å². The van der Waals surface area contributed by atoms with Crippen LogP contribution in [0.2, 0.25) is 5.02 Å². The molecule has 0 unspecified atom stereocenters. The minimum Gasteiger partial charge on any atom is -0.321 e. The van der Waals surface area contributed by atoms with Gasteiger partial charge in [0.1, 0.15) is 0 Å². The molecular formula is C13H8BrClINO.